The van der Waals surface area contributed by atoms with Gasteiger partial charge in [-0.05, 0) is 34.1 Å². The quantitative estimate of drug-likeness (QED) is 0.732. The first-order valence-corrected chi connectivity index (χ1v) is 8.36. The fraction of sp³-hybridized carbons (Fsp3) is 0.235. The van der Waals surface area contributed by atoms with Crippen LogP contribution in [0.2, 0.25) is 0 Å². The summed E-state index contributed by atoms with van der Waals surface area (Å²) in [6.07, 6.45) is 2.74. The summed E-state index contributed by atoms with van der Waals surface area (Å²) in [6.45, 7) is -2.13. The molecule has 1 N–H and O–H groups in total. The second-order valence-corrected chi connectivity index (χ2v) is 6.49. The zero-order valence-electron chi connectivity index (χ0n) is 12.5. The number of aromatic nitrogens is 2. The molecule has 0 amide bonds. The van der Waals surface area contributed by atoms with Crippen molar-refractivity contribution in [3.63, 3.8) is 0 Å². The topological polar surface area (TPSA) is 38.6 Å². The molecule has 3 heterocycles. The number of benzene rings is 1. The summed E-state index contributed by atoms with van der Waals surface area (Å²) in [5, 5.41) is 3.40. The minimum absolute atomic E-state index is 0.183. The van der Waals surface area contributed by atoms with Gasteiger partial charge in [0.2, 0.25) is 0 Å². The first-order chi connectivity index (χ1) is 11.6. The standard InChI is InChI=1S/C17H14BrF2N3O/c18-10-5-6-14-22-12-7-8-21-15(16(12)23(14)9-10)11-3-1-2-4-13(11)24-17(19)20/h1-6,9,15,17,21H,7-8H2. The van der Waals surface area contributed by atoms with Gasteiger partial charge in [0.15, 0.2) is 0 Å². The van der Waals surface area contributed by atoms with E-state index in [9.17, 15) is 8.78 Å². The van der Waals surface area contributed by atoms with Gasteiger partial charge in [-0.1, -0.05) is 18.2 Å². The summed E-state index contributed by atoms with van der Waals surface area (Å²) in [5.74, 6) is 0.183. The highest BCUT2D eigenvalue weighted by atomic mass is 79.9. The Bertz CT molecular complexity index is 897. The van der Waals surface area contributed by atoms with E-state index in [0.717, 1.165) is 34.5 Å². The van der Waals surface area contributed by atoms with Crippen molar-refractivity contribution in [3.8, 4) is 5.75 Å². The van der Waals surface area contributed by atoms with Gasteiger partial charge in [-0.3, -0.25) is 0 Å². The van der Waals surface area contributed by atoms with Crippen LogP contribution in [0.1, 0.15) is 23.0 Å². The largest absolute Gasteiger partial charge is 0.434 e. The van der Waals surface area contributed by atoms with Crippen LogP contribution in [0.4, 0.5) is 8.78 Å². The number of para-hydroxylation sites is 1. The number of hydrogen-bond acceptors (Lipinski definition) is 3. The molecule has 2 aromatic heterocycles. The average molecular weight is 394 g/mol. The maximum absolute atomic E-state index is 12.7. The van der Waals surface area contributed by atoms with Crippen LogP contribution in [0.25, 0.3) is 5.65 Å². The lowest BCUT2D eigenvalue weighted by molar-refractivity contribution is -0.0506. The fourth-order valence-electron chi connectivity index (χ4n) is 3.19. The van der Waals surface area contributed by atoms with Crippen LogP contribution in [0.15, 0.2) is 47.1 Å². The van der Waals surface area contributed by atoms with Crippen molar-refractivity contribution >= 4 is 21.6 Å². The molecule has 0 fully saturated rings. The summed E-state index contributed by atoms with van der Waals surface area (Å²) in [7, 11) is 0. The molecule has 1 aliphatic heterocycles. The number of rotatable bonds is 3. The molecule has 7 heteroatoms. The average Bonchev–Trinajstić information content (AvgIpc) is 2.93. The zero-order chi connectivity index (χ0) is 16.7. The molecule has 124 valence electrons. The number of hydrogen-bond donors (Lipinski definition) is 1. The van der Waals surface area contributed by atoms with Gasteiger partial charge in [-0.2, -0.15) is 8.78 Å². The lowest BCUT2D eigenvalue weighted by Gasteiger charge is -2.26. The molecule has 0 bridgehead atoms. The molecule has 1 aromatic carbocycles. The van der Waals surface area contributed by atoms with Crippen molar-refractivity contribution in [2.24, 2.45) is 0 Å². The first kappa shape index (κ1) is 15.5. The lowest BCUT2D eigenvalue weighted by Crippen LogP contribution is -2.31. The Morgan fingerprint density at radius 1 is 1.25 bits per heavy atom. The van der Waals surface area contributed by atoms with Gasteiger partial charge < -0.3 is 14.5 Å². The number of fused-ring (bicyclic) bond motifs is 3. The van der Waals surface area contributed by atoms with Crippen molar-refractivity contribution in [1.29, 1.82) is 0 Å². The van der Waals surface area contributed by atoms with Crippen LogP contribution in [0, 0.1) is 0 Å². The van der Waals surface area contributed by atoms with Gasteiger partial charge in [0.1, 0.15) is 11.4 Å². The van der Waals surface area contributed by atoms with Crippen LogP contribution in [0.5, 0.6) is 5.75 Å². The predicted octanol–water partition coefficient (Wildman–Crippen LogP) is 3.93. The van der Waals surface area contributed by atoms with Gasteiger partial charge in [0.05, 0.1) is 17.4 Å². The van der Waals surface area contributed by atoms with Crippen molar-refractivity contribution in [1.82, 2.24) is 14.7 Å². The molecule has 1 unspecified atom stereocenters. The number of nitrogens with one attached hydrogen (secondary N) is 1. The number of ether oxygens (including phenoxy) is 1. The van der Waals surface area contributed by atoms with E-state index in [4.69, 9.17) is 4.74 Å². The number of imidazole rings is 1. The van der Waals surface area contributed by atoms with E-state index >= 15 is 0 Å². The van der Waals surface area contributed by atoms with Crippen LogP contribution in [-0.4, -0.2) is 22.5 Å². The number of alkyl halides is 2. The van der Waals surface area contributed by atoms with Crippen molar-refractivity contribution < 1.29 is 13.5 Å². The van der Waals surface area contributed by atoms with Crippen LogP contribution in [0.3, 0.4) is 0 Å². The third kappa shape index (κ3) is 2.67. The maximum atomic E-state index is 12.7. The van der Waals surface area contributed by atoms with E-state index < -0.39 is 6.61 Å². The minimum atomic E-state index is -2.86. The highest BCUT2D eigenvalue weighted by molar-refractivity contribution is 9.10. The third-order valence-corrected chi connectivity index (χ3v) is 4.59. The van der Waals surface area contributed by atoms with Gasteiger partial charge >= 0.3 is 6.61 Å². The molecular formula is C17H14BrF2N3O. The normalized spacial score (nSPS) is 17.2. The molecule has 1 aliphatic rings. The first-order valence-electron chi connectivity index (χ1n) is 7.57. The predicted molar refractivity (Wildman–Crippen MR) is 89.5 cm³/mol. The Balaban J connectivity index is 1.88. The van der Waals surface area contributed by atoms with Crippen molar-refractivity contribution in [2.45, 2.75) is 19.1 Å². The van der Waals surface area contributed by atoms with Crippen LogP contribution < -0.4 is 10.1 Å². The molecule has 1 atom stereocenters. The monoisotopic (exact) mass is 393 g/mol. The molecule has 24 heavy (non-hydrogen) atoms. The third-order valence-electron chi connectivity index (χ3n) is 4.13. The number of nitrogens with zero attached hydrogens (tertiary/aromatic N) is 2. The Labute approximate surface area is 145 Å². The van der Waals surface area contributed by atoms with Crippen molar-refractivity contribution in [2.75, 3.05) is 6.54 Å². The van der Waals surface area contributed by atoms with E-state index in [1.807, 2.05) is 34.9 Å². The van der Waals surface area contributed by atoms with E-state index in [0.29, 0.717) is 5.56 Å². The van der Waals surface area contributed by atoms with Crippen LogP contribution >= 0.6 is 15.9 Å². The zero-order valence-corrected chi connectivity index (χ0v) is 14.1. The summed E-state index contributed by atoms with van der Waals surface area (Å²) < 4.78 is 33.1. The highest BCUT2D eigenvalue weighted by Crippen LogP contribution is 2.35. The van der Waals surface area contributed by atoms with Crippen LogP contribution in [-0.2, 0) is 6.42 Å². The molecular weight excluding hydrogens is 380 g/mol. The SMILES string of the molecule is FC(F)Oc1ccccc1C1NCCc2nc3ccc(Br)cn3c21. The molecule has 3 aromatic rings. The minimum Gasteiger partial charge on any atom is -0.434 e. The molecule has 4 nitrogen and oxygen atoms in total. The fourth-order valence-corrected chi connectivity index (χ4v) is 3.52. The second kappa shape index (κ2) is 6.14. The Morgan fingerprint density at radius 3 is 2.92 bits per heavy atom. The van der Waals surface area contributed by atoms with E-state index in [1.165, 1.54) is 0 Å². The molecule has 0 aliphatic carbocycles. The Hall–Kier alpha value is -1.99. The highest BCUT2D eigenvalue weighted by Gasteiger charge is 2.29. The van der Waals surface area contributed by atoms with Gasteiger partial charge in [-0.25, -0.2) is 4.98 Å². The number of pyridine rings is 1. The summed E-state index contributed by atoms with van der Waals surface area (Å²) in [6, 6.07) is 10.5. The molecule has 4 rings (SSSR count). The van der Waals surface area contributed by atoms with E-state index in [-0.39, 0.29) is 11.8 Å². The molecule has 0 radical (unpaired) electrons. The van der Waals surface area contributed by atoms with Crippen molar-refractivity contribution in [3.05, 3.63) is 64.0 Å². The summed E-state index contributed by atoms with van der Waals surface area (Å²) in [5.41, 5.74) is 3.45. The summed E-state index contributed by atoms with van der Waals surface area (Å²) >= 11 is 3.48. The maximum Gasteiger partial charge on any atom is 0.387 e. The molecule has 0 saturated carbocycles. The van der Waals surface area contributed by atoms with Gasteiger partial charge in [0, 0.05) is 29.2 Å². The number of halogens is 3. The van der Waals surface area contributed by atoms with E-state index in [1.54, 1.807) is 12.1 Å². The Morgan fingerprint density at radius 2 is 2.08 bits per heavy atom. The van der Waals surface area contributed by atoms with Gasteiger partial charge in [-0.15, -0.1) is 0 Å². The Kier molecular flexibility index (Phi) is 3.97. The second-order valence-electron chi connectivity index (χ2n) is 5.57. The van der Waals surface area contributed by atoms with E-state index in [2.05, 4.69) is 26.2 Å². The molecule has 0 saturated heterocycles. The lowest BCUT2D eigenvalue weighted by atomic mass is 9.97. The van der Waals surface area contributed by atoms with Gasteiger partial charge in [0.25, 0.3) is 0 Å². The summed E-state index contributed by atoms with van der Waals surface area (Å²) in [4.78, 5) is 4.67. The smallest absolute Gasteiger partial charge is 0.387 e. The molecule has 0 spiro atoms.